The summed E-state index contributed by atoms with van der Waals surface area (Å²) >= 11 is 2.99. The van der Waals surface area contributed by atoms with Gasteiger partial charge in [-0.25, -0.2) is 0 Å². The zero-order valence-corrected chi connectivity index (χ0v) is 12.0. The van der Waals surface area contributed by atoms with Crippen LogP contribution in [0.3, 0.4) is 0 Å². The first-order chi connectivity index (χ1) is 8.15. The summed E-state index contributed by atoms with van der Waals surface area (Å²) in [5.74, 6) is 0.0996. The molecule has 17 heavy (non-hydrogen) atoms. The molecule has 0 bridgehead atoms. The van der Waals surface area contributed by atoms with Crippen LogP contribution in [-0.4, -0.2) is 32.3 Å². The van der Waals surface area contributed by atoms with Crippen LogP contribution >= 0.6 is 23.1 Å². The number of nitrogens with one attached hydrogen (secondary N) is 1. The minimum absolute atomic E-state index is 0.0996. The molecule has 1 aromatic heterocycles. The Morgan fingerprint density at radius 2 is 2.29 bits per heavy atom. The van der Waals surface area contributed by atoms with Gasteiger partial charge in [-0.3, -0.25) is 4.79 Å². The summed E-state index contributed by atoms with van der Waals surface area (Å²) < 4.78 is 4.98. The third-order valence-corrected chi connectivity index (χ3v) is 4.44. The standard InChI is InChI=1S/C11H18N2O2S2/c1-4-7(14)9-8(12)10(16-3)11(17-9)13-5-6-15-2/h13H,4-6,12H2,1-3H3. The molecule has 0 saturated heterocycles. The zero-order valence-electron chi connectivity index (χ0n) is 10.3. The number of carbonyl (C=O) groups excluding carboxylic acids is 1. The van der Waals surface area contributed by atoms with Crippen molar-refractivity contribution in [3.05, 3.63) is 4.88 Å². The number of thioether (sulfide) groups is 1. The summed E-state index contributed by atoms with van der Waals surface area (Å²) in [6.45, 7) is 3.19. The van der Waals surface area contributed by atoms with Crippen molar-refractivity contribution in [2.45, 2.75) is 18.2 Å². The van der Waals surface area contributed by atoms with Crippen LogP contribution in [-0.2, 0) is 4.74 Å². The van der Waals surface area contributed by atoms with Crippen LogP contribution in [0.2, 0.25) is 0 Å². The van der Waals surface area contributed by atoms with Crippen molar-refractivity contribution in [2.75, 3.05) is 37.6 Å². The van der Waals surface area contributed by atoms with E-state index in [2.05, 4.69) is 5.32 Å². The lowest BCUT2D eigenvalue weighted by molar-refractivity contribution is 0.0992. The second kappa shape index (κ2) is 6.88. The Hall–Kier alpha value is -0.720. The van der Waals surface area contributed by atoms with E-state index in [0.29, 0.717) is 30.1 Å². The summed E-state index contributed by atoms with van der Waals surface area (Å²) in [6.07, 6.45) is 2.44. The van der Waals surface area contributed by atoms with E-state index in [9.17, 15) is 4.79 Å². The average molecular weight is 274 g/mol. The molecule has 4 nitrogen and oxygen atoms in total. The first-order valence-corrected chi connectivity index (χ1v) is 7.42. The van der Waals surface area contributed by atoms with E-state index in [0.717, 1.165) is 9.90 Å². The molecule has 0 amide bonds. The lowest BCUT2D eigenvalue weighted by Gasteiger charge is -2.04. The van der Waals surface area contributed by atoms with E-state index >= 15 is 0 Å². The average Bonchev–Trinajstić information content (AvgIpc) is 2.65. The SMILES string of the molecule is CCC(=O)c1sc(NCCOC)c(SC)c1N. The number of Topliss-reactive ketones (excluding diaryl/α,β-unsaturated/α-hetero) is 1. The number of ketones is 1. The quantitative estimate of drug-likeness (QED) is 0.455. The molecule has 0 unspecified atom stereocenters. The molecule has 0 saturated carbocycles. The van der Waals surface area contributed by atoms with Gasteiger partial charge in [0.2, 0.25) is 0 Å². The summed E-state index contributed by atoms with van der Waals surface area (Å²) in [4.78, 5) is 13.3. The molecule has 0 aliphatic heterocycles. The van der Waals surface area contributed by atoms with Gasteiger partial charge >= 0.3 is 0 Å². The molecule has 0 aliphatic rings. The van der Waals surface area contributed by atoms with Crippen LogP contribution in [0.1, 0.15) is 23.0 Å². The first-order valence-electron chi connectivity index (χ1n) is 5.37. The fourth-order valence-corrected chi connectivity index (χ4v) is 3.45. The summed E-state index contributed by atoms with van der Waals surface area (Å²) in [6, 6.07) is 0. The molecule has 0 radical (unpaired) electrons. The molecule has 0 aliphatic carbocycles. The van der Waals surface area contributed by atoms with Gasteiger partial charge in [-0.1, -0.05) is 6.92 Å². The van der Waals surface area contributed by atoms with E-state index < -0.39 is 0 Å². The van der Waals surface area contributed by atoms with E-state index in [1.54, 1.807) is 18.9 Å². The highest BCUT2D eigenvalue weighted by Crippen LogP contribution is 2.41. The topological polar surface area (TPSA) is 64.3 Å². The maximum absolute atomic E-state index is 11.7. The highest BCUT2D eigenvalue weighted by molar-refractivity contribution is 7.99. The fraction of sp³-hybridized carbons (Fsp3) is 0.545. The molecule has 6 heteroatoms. The lowest BCUT2D eigenvalue weighted by atomic mass is 10.2. The minimum atomic E-state index is 0.0996. The minimum Gasteiger partial charge on any atom is -0.396 e. The Morgan fingerprint density at radius 3 is 2.82 bits per heavy atom. The maximum Gasteiger partial charge on any atom is 0.174 e. The second-order valence-electron chi connectivity index (χ2n) is 3.40. The number of ether oxygens (including phenoxy) is 1. The van der Waals surface area contributed by atoms with Gasteiger partial charge in [0.25, 0.3) is 0 Å². The number of hydrogen-bond donors (Lipinski definition) is 2. The van der Waals surface area contributed by atoms with Gasteiger partial charge < -0.3 is 15.8 Å². The van der Waals surface area contributed by atoms with Crippen LogP contribution in [0.15, 0.2) is 4.90 Å². The largest absolute Gasteiger partial charge is 0.396 e. The Morgan fingerprint density at radius 1 is 1.59 bits per heavy atom. The number of nitrogen functional groups attached to an aromatic ring is 1. The molecule has 0 atom stereocenters. The van der Waals surface area contributed by atoms with Gasteiger partial charge in [-0.2, -0.15) is 0 Å². The first kappa shape index (κ1) is 14.3. The predicted octanol–water partition coefficient (Wildman–Crippen LogP) is 2.70. The van der Waals surface area contributed by atoms with Crippen LogP contribution in [0.25, 0.3) is 0 Å². The van der Waals surface area contributed by atoms with Crippen LogP contribution in [0, 0.1) is 0 Å². The maximum atomic E-state index is 11.7. The van der Waals surface area contributed by atoms with Gasteiger partial charge in [0, 0.05) is 20.1 Å². The van der Waals surface area contributed by atoms with Crippen LogP contribution < -0.4 is 11.1 Å². The Kier molecular flexibility index (Phi) is 5.80. The molecule has 0 fully saturated rings. The van der Waals surface area contributed by atoms with Crippen molar-refractivity contribution >= 4 is 39.6 Å². The molecule has 1 aromatic rings. The molecule has 1 rings (SSSR count). The van der Waals surface area contributed by atoms with Crippen LogP contribution in [0.4, 0.5) is 10.7 Å². The number of nitrogens with two attached hydrogens (primary N) is 1. The fourth-order valence-electron chi connectivity index (χ4n) is 1.38. The Bertz CT molecular complexity index is 391. The van der Waals surface area contributed by atoms with Crippen molar-refractivity contribution in [3.8, 4) is 0 Å². The number of rotatable bonds is 7. The molecule has 3 N–H and O–H groups in total. The molecule has 0 aromatic carbocycles. The van der Waals surface area contributed by atoms with Gasteiger partial charge in [0.05, 0.1) is 22.1 Å². The predicted molar refractivity (Wildman–Crippen MR) is 75.5 cm³/mol. The molecule has 1 heterocycles. The molecular formula is C11H18N2O2S2. The van der Waals surface area contributed by atoms with Crippen LogP contribution in [0.5, 0.6) is 0 Å². The monoisotopic (exact) mass is 274 g/mol. The Labute approximate surface area is 110 Å². The van der Waals surface area contributed by atoms with E-state index in [1.807, 2.05) is 13.2 Å². The molecular weight excluding hydrogens is 256 g/mol. The highest BCUT2D eigenvalue weighted by Gasteiger charge is 2.19. The normalized spacial score (nSPS) is 10.5. The van der Waals surface area contributed by atoms with E-state index in [-0.39, 0.29) is 5.78 Å². The zero-order chi connectivity index (χ0) is 12.8. The number of methoxy groups -OCH3 is 1. The van der Waals surface area contributed by atoms with Gasteiger partial charge in [-0.15, -0.1) is 23.1 Å². The third kappa shape index (κ3) is 3.37. The van der Waals surface area contributed by atoms with Gasteiger partial charge in [-0.05, 0) is 6.26 Å². The Balaban J connectivity index is 2.92. The third-order valence-electron chi connectivity index (χ3n) is 2.27. The van der Waals surface area contributed by atoms with Crippen molar-refractivity contribution in [2.24, 2.45) is 0 Å². The second-order valence-corrected chi connectivity index (χ2v) is 5.24. The molecule has 96 valence electrons. The molecule has 0 spiro atoms. The summed E-state index contributed by atoms with van der Waals surface area (Å²) in [5.41, 5.74) is 6.60. The van der Waals surface area contributed by atoms with Gasteiger partial charge in [0.15, 0.2) is 5.78 Å². The number of anilines is 2. The van der Waals surface area contributed by atoms with Crippen molar-refractivity contribution in [3.63, 3.8) is 0 Å². The summed E-state index contributed by atoms with van der Waals surface area (Å²) in [7, 11) is 1.66. The number of thiophene rings is 1. The van der Waals surface area contributed by atoms with E-state index in [4.69, 9.17) is 10.5 Å². The van der Waals surface area contributed by atoms with Crippen molar-refractivity contribution in [1.82, 2.24) is 0 Å². The van der Waals surface area contributed by atoms with Gasteiger partial charge in [0.1, 0.15) is 5.00 Å². The number of hydrogen-bond acceptors (Lipinski definition) is 6. The summed E-state index contributed by atoms with van der Waals surface area (Å²) in [5, 5.41) is 4.21. The van der Waals surface area contributed by atoms with Crippen molar-refractivity contribution < 1.29 is 9.53 Å². The van der Waals surface area contributed by atoms with E-state index in [1.165, 1.54) is 11.3 Å². The lowest BCUT2D eigenvalue weighted by Crippen LogP contribution is -2.06. The van der Waals surface area contributed by atoms with Crippen molar-refractivity contribution in [1.29, 1.82) is 0 Å². The smallest absolute Gasteiger partial charge is 0.174 e. The number of carbonyl (C=O) groups is 1. The highest BCUT2D eigenvalue weighted by atomic mass is 32.2.